The first-order chi connectivity index (χ1) is 4.33. The zero-order valence-electron chi connectivity index (χ0n) is 5.65. The van der Waals surface area contributed by atoms with Crippen LogP contribution in [0.1, 0.15) is 6.92 Å². The molecule has 0 amide bonds. The van der Waals surface area contributed by atoms with Crippen LogP contribution < -0.4 is 16.4 Å². The van der Waals surface area contributed by atoms with E-state index in [1.807, 2.05) is 13.1 Å². The first kappa shape index (κ1) is 6.42. The predicted molar refractivity (Wildman–Crippen MR) is 37.7 cm³/mol. The molecule has 1 unspecified atom stereocenters. The lowest BCUT2D eigenvalue weighted by atomic mass is 10.2. The van der Waals surface area contributed by atoms with Gasteiger partial charge in [-0.1, -0.05) is 0 Å². The molecular weight excluding hydrogens is 114 g/mol. The normalized spacial score (nSPS) is 26.0. The maximum absolute atomic E-state index is 5.44. The second-order valence-electron chi connectivity index (χ2n) is 2.31. The van der Waals surface area contributed by atoms with Crippen molar-refractivity contribution in [2.24, 2.45) is 5.73 Å². The average molecular weight is 127 g/mol. The molecule has 3 heteroatoms. The molecule has 0 aromatic carbocycles. The molecule has 9 heavy (non-hydrogen) atoms. The molecule has 0 saturated carbocycles. The van der Waals surface area contributed by atoms with Crippen LogP contribution in [0, 0.1) is 0 Å². The number of hydrogen-bond donors (Lipinski definition) is 3. The van der Waals surface area contributed by atoms with Crippen molar-refractivity contribution in [3.05, 3.63) is 11.9 Å². The Balaban J connectivity index is 2.39. The van der Waals surface area contributed by atoms with Gasteiger partial charge in [-0.25, -0.2) is 0 Å². The molecule has 1 heterocycles. The summed E-state index contributed by atoms with van der Waals surface area (Å²) in [5.74, 6) is 0. The van der Waals surface area contributed by atoms with Crippen LogP contribution in [0.3, 0.4) is 0 Å². The van der Waals surface area contributed by atoms with E-state index >= 15 is 0 Å². The molecule has 1 aliphatic heterocycles. The molecule has 0 spiro atoms. The Morgan fingerprint density at radius 2 is 2.67 bits per heavy atom. The molecule has 4 N–H and O–H groups in total. The molecule has 0 bridgehead atoms. The van der Waals surface area contributed by atoms with Crippen molar-refractivity contribution in [1.82, 2.24) is 10.6 Å². The van der Waals surface area contributed by atoms with Crippen molar-refractivity contribution in [3.63, 3.8) is 0 Å². The Morgan fingerprint density at radius 1 is 1.89 bits per heavy atom. The highest BCUT2D eigenvalue weighted by Gasteiger charge is 2.07. The molecule has 0 fully saturated rings. The molecule has 1 rings (SSSR count). The number of allylic oxidation sites excluding steroid dienone is 1. The summed E-state index contributed by atoms with van der Waals surface area (Å²) in [5.41, 5.74) is 6.60. The second-order valence-corrected chi connectivity index (χ2v) is 2.31. The van der Waals surface area contributed by atoms with Crippen molar-refractivity contribution in [2.45, 2.75) is 13.0 Å². The summed E-state index contributed by atoms with van der Waals surface area (Å²) >= 11 is 0. The van der Waals surface area contributed by atoms with Crippen LogP contribution in [0.25, 0.3) is 0 Å². The fraction of sp³-hybridized carbons (Fsp3) is 0.667. The highest BCUT2D eigenvalue weighted by molar-refractivity contribution is 5.01. The van der Waals surface area contributed by atoms with E-state index in [9.17, 15) is 0 Å². The maximum Gasteiger partial charge on any atom is 0.0553 e. The van der Waals surface area contributed by atoms with Crippen molar-refractivity contribution >= 4 is 0 Å². The van der Waals surface area contributed by atoms with Crippen LogP contribution >= 0.6 is 0 Å². The fourth-order valence-corrected chi connectivity index (χ4v) is 0.911. The van der Waals surface area contributed by atoms with E-state index in [4.69, 9.17) is 5.73 Å². The van der Waals surface area contributed by atoms with E-state index in [1.165, 1.54) is 0 Å². The zero-order valence-corrected chi connectivity index (χ0v) is 5.65. The third kappa shape index (κ3) is 1.61. The van der Waals surface area contributed by atoms with Crippen molar-refractivity contribution in [2.75, 3.05) is 13.1 Å². The smallest absolute Gasteiger partial charge is 0.0553 e. The Labute approximate surface area is 55.3 Å². The minimum atomic E-state index is 0.412. The topological polar surface area (TPSA) is 50.1 Å². The van der Waals surface area contributed by atoms with E-state index in [0.29, 0.717) is 12.6 Å². The van der Waals surface area contributed by atoms with Crippen molar-refractivity contribution < 1.29 is 0 Å². The number of hydrogen-bond acceptors (Lipinski definition) is 3. The molecule has 52 valence electrons. The van der Waals surface area contributed by atoms with E-state index in [2.05, 4.69) is 10.6 Å². The monoisotopic (exact) mass is 127 g/mol. The van der Waals surface area contributed by atoms with Gasteiger partial charge in [-0.2, -0.15) is 0 Å². The molecule has 0 aliphatic carbocycles. The number of nitrogens with two attached hydrogens (primary N) is 1. The van der Waals surface area contributed by atoms with Gasteiger partial charge in [0.1, 0.15) is 0 Å². The van der Waals surface area contributed by atoms with Crippen molar-refractivity contribution in [3.8, 4) is 0 Å². The average Bonchev–Trinajstić information content (AvgIpc) is 1.88. The van der Waals surface area contributed by atoms with Gasteiger partial charge < -0.3 is 16.4 Å². The summed E-state index contributed by atoms with van der Waals surface area (Å²) in [4.78, 5) is 0. The Bertz CT molecular complexity index is 119. The quantitative estimate of drug-likeness (QED) is 0.439. The maximum atomic E-state index is 5.44. The SMILES string of the molecule is CC1=CNCC(CN)N1. The van der Waals surface area contributed by atoms with E-state index in [1.54, 1.807) is 0 Å². The Hall–Kier alpha value is -0.700. The van der Waals surface area contributed by atoms with Gasteiger partial charge in [-0.15, -0.1) is 0 Å². The van der Waals surface area contributed by atoms with E-state index in [0.717, 1.165) is 12.2 Å². The zero-order chi connectivity index (χ0) is 6.69. The third-order valence-electron chi connectivity index (χ3n) is 1.40. The van der Waals surface area contributed by atoms with Gasteiger partial charge in [-0.3, -0.25) is 0 Å². The lowest BCUT2D eigenvalue weighted by Gasteiger charge is -2.23. The lowest BCUT2D eigenvalue weighted by molar-refractivity contribution is 0.523. The van der Waals surface area contributed by atoms with Gasteiger partial charge in [0.25, 0.3) is 0 Å². The molecule has 1 aliphatic rings. The van der Waals surface area contributed by atoms with Crippen molar-refractivity contribution in [1.29, 1.82) is 0 Å². The molecule has 0 saturated heterocycles. The molecular formula is C6H13N3. The van der Waals surface area contributed by atoms with Gasteiger partial charge in [-0.05, 0) is 6.92 Å². The minimum Gasteiger partial charge on any atom is -0.387 e. The second kappa shape index (κ2) is 2.73. The molecule has 0 radical (unpaired) electrons. The summed E-state index contributed by atoms with van der Waals surface area (Å²) in [6, 6.07) is 0.412. The third-order valence-corrected chi connectivity index (χ3v) is 1.40. The predicted octanol–water partition coefficient (Wildman–Crippen LogP) is -0.632. The molecule has 0 aromatic heterocycles. The van der Waals surface area contributed by atoms with Gasteiger partial charge in [0, 0.05) is 25.0 Å². The van der Waals surface area contributed by atoms with Gasteiger partial charge in [0.2, 0.25) is 0 Å². The minimum absolute atomic E-state index is 0.412. The molecule has 3 nitrogen and oxygen atoms in total. The standard InChI is InChI=1S/C6H13N3/c1-5-3-8-4-6(2-7)9-5/h3,6,8-9H,2,4,7H2,1H3. The van der Waals surface area contributed by atoms with E-state index in [-0.39, 0.29) is 0 Å². The molecule has 0 aromatic rings. The van der Waals surface area contributed by atoms with Gasteiger partial charge >= 0.3 is 0 Å². The largest absolute Gasteiger partial charge is 0.387 e. The fourth-order valence-electron chi connectivity index (χ4n) is 0.911. The highest BCUT2D eigenvalue weighted by atomic mass is 15.0. The molecule has 1 atom stereocenters. The summed E-state index contributed by atoms with van der Waals surface area (Å²) in [6.45, 7) is 3.65. The highest BCUT2D eigenvalue weighted by Crippen LogP contribution is 1.92. The van der Waals surface area contributed by atoms with Crippen LogP contribution in [0.5, 0.6) is 0 Å². The van der Waals surface area contributed by atoms with Crippen LogP contribution in [0.2, 0.25) is 0 Å². The summed E-state index contributed by atoms with van der Waals surface area (Å²) in [7, 11) is 0. The van der Waals surface area contributed by atoms with E-state index < -0.39 is 0 Å². The van der Waals surface area contributed by atoms with Crippen LogP contribution in [0.15, 0.2) is 11.9 Å². The Kier molecular flexibility index (Phi) is 1.95. The van der Waals surface area contributed by atoms with Gasteiger partial charge in [0.05, 0.1) is 6.04 Å². The van der Waals surface area contributed by atoms with Gasteiger partial charge in [0.15, 0.2) is 0 Å². The number of rotatable bonds is 1. The first-order valence-electron chi connectivity index (χ1n) is 3.19. The van der Waals surface area contributed by atoms with Crippen LogP contribution in [0.4, 0.5) is 0 Å². The Morgan fingerprint density at radius 3 is 3.11 bits per heavy atom. The van der Waals surface area contributed by atoms with Crippen LogP contribution in [-0.4, -0.2) is 19.1 Å². The first-order valence-corrected chi connectivity index (χ1v) is 3.19. The summed E-state index contributed by atoms with van der Waals surface area (Å²) in [6.07, 6.45) is 1.96. The van der Waals surface area contributed by atoms with Crippen LogP contribution in [-0.2, 0) is 0 Å². The summed E-state index contributed by atoms with van der Waals surface area (Å²) < 4.78 is 0. The number of nitrogens with one attached hydrogen (secondary N) is 2. The lowest BCUT2D eigenvalue weighted by Crippen LogP contribution is -2.45. The summed E-state index contributed by atoms with van der Waals surface area (Å²) in [5, 5.41) is 6.37.